The van der Waals surface area contributed by atoms with Gasteiger partial charge in [-0.25, -0.2) is 0 Å². The van der Waals surface area contributed by atoms with Crippen LogP contribution in [0.4, 0.5) is 0 Å². The third-order valence-corrected chi connectivity index (χ3v) is 4.40. The van der Waals surface area contributed by atoms with Gasteiger partial charge in [0.05, 0.1) is 0 Å². The monoisotopic (exact) mass is 288 g/mol. The predicted octanol–water partition coefficient (Wildman–Crippen LogP) is 3.43. The second kappa shape index (κ2) is 6.61. The maximum Gasteiger partial charge on any atom is 0.239 e. The van der Waals surface area contributed by atoms with Gasteiger partial charge in [0.25, 0.3) is 0 Å². The molecule has 1 atom stereocenters. The van der Waals surface area contributed by atoms with E-state index < -0.39 is 0 Å². The molecule has 1 aromatic rings. The molecule has 1 fully saturated rings. The first-order chi connectivity index (χ1) is 9.88. The van der Waals surface area contributed by atoms with Crippen molar-refractivity contribution in [2.24, 2.45) is 5.73 Å². The van der Waals surface area contributed by atoms with E-state index in [4.69, 9.17) is 5.73 Å². The molecule has 21 heavy (non-hydrogen) atoms. The van der Waals surface area contributed by atoms with Crippen LogP contribution in [0.3, 0.4) is 0 Å². The zero-order chi connectivity index (χ0) is 15.5. The average molecular weight is 288 g/mol. The Morgan fingerprint density at radius 3 is 2.19 bits per heavy atom. The summed E-state index contributed by atoms with van der Waals surface area (Å²) in [5.74, 6) is -0.288. The molecule has 3 nitrogen and oxygen atoms in total. The van der Waals surface area contributed by atoms with Crippen LogP contribution in [0.1, 0.15) is 70.0 Å². The number of nitrogens with two attached hydrogens (primary N) is 1. The first-order valence-corrected chi connectivity index (χ1v) is 8.04. The van der Waals surface area contributed by atoms with Crippen LogP contribution in [-0.4, -0.2) is 11.9 Å². The second-order valence-electron chi connectivity index (χ2n) is 7.21. The maximum absolute atomic E-state index is 11.8. The fourth-order valence-electron chi connectivity index (χ4n) is 3.02. The second-order valence-corrected chi connectivity index (χ2v) is 7.21. The Morgan fingerprint density at radius 1 is 1.14 bits per heavy atom. The molecule has 1 amide bonds. The van der Waals surface area contributed by atoms with Crippen molar-refractivity contribution in [1.29, 1.82) is 0 Å². The summed E-state index contributed by atoms with van der Waals surface area (Å²) in [7, 11) is 0. The van der Waals surface area contributed by atoms with Crippen LogP contribution in [0, 0.1) is 0 Å². The summed E-state index contributed by atoms with van der Waals surface area (Å²) in [6, 6.07) is 8.32. The Morgan fingerprint density at radius 2 is 1.71 bits per heavy atom. The molecular formula is C18H28N2O. The van der Waals surface area contributed by atoms with Gasteiger partial charge in [-0.1, -0.05) is 64.3 Å². The van der Waals surface area contributed by atoms with Crippen molar-refractivity contribution in [3.05, 3.63) is 35.4 Å². The first-order valence-electron chi connectivity index (χ1n) is 8.04. The predicted molar refractivity (Wildman–Crippen MR) is 87.1 cm³/mol. The summed E-state index contributed by atoms with van der Waals surface area (Å²) in [6.07, 6.45) is 6.08. The zero-order valence-corrected chi connectivity index (χ0v) is 13.5. The molecule has 1 unspecified atom stereocenters. The van der Waals surface area contributed by atoms with Crippen molar-refractivity contribution >= 4 is 5.91 Å². The number of hydrogen-bond acceptors (Lipinski definition) is 2. The van der Waals surface area contributed by atoms with Gasteiger partial charge in [-0.3, -0.25) is 10.1 Å². The molecule has 0 saturated heterocycles. The molecule has 1 saturated carbocycles. The number of benzene rings is 1. The Kier molecular flexibility index (Phi) is 5.04. The molecule has 0 heterocycles. The molecule has 1 aliphatic rings. The lowest BCUT2D eigenvalue weighted by atomic mass is 9.86. The highest BCUT2D eigenvalue weighted by Gasteiger charge is 2.23. The van der Waals surface area contributed by atoms with Gasteiger partial charge >= 0.3 is 0 Å². The fraction of sp³-hybridized carbons (Fsp3) is 0.611. The summed E-state index contributed by atoms with van der Waals surface area (Å²) in [5.41, 5.74) is 7.97. The quantitative estimate of drug-likeness (QED) is 0.891. The zero-order valence-electron chi connectivity index (χ0n) is 13.5. The van der Waals surface area contributed by atoms with E-state index in [9.17, 15) is 4.79 Å². The Balaban J connectivity index is 2.12. The van der Waals surface area contributed by atoms with Crippen LogP contribution in [0.5, 0.6) is 0 Å². The number of carbonyl (C=O) groups is 1. The summed E-state index contributed by atoms with van der Waals surface area (Å²) in [6.45, 7) is 6.57. The van der Waals surface area contributed by atoms with Gasteiger partial charge < -0.3 is 5.73 Å². The molecule has 3 N–H and O–H groups in total. The Labute approximate surface area is 128 Å². The molecule has 0 spiro atoms. The highest BCUT2D eigenvalue weighted by Crippen LogP contribution is 2.25. The van der Waals surface area contributed by atoms with Crippen molar-refractivity contribution in [2.45, 2.75) is 70.4 Å². The number of rotatable bonds is 4. The molecule has 2 rings (SSSR count). The van der Waals surface area contributed by atoms with E-state index in [-0.39, 0.29) is 17.4 Å². The van der Waals surface area contributed by atoms with Gasteiger partial charge in [-0.15, -0.1) is 0 Å². The number of nitrogens with one attached hydrogen (secondary N) is 1. The lowest BCUT2D eigenvalue weighted by Crippen LogP contribution is -2.41. The molecule has 3 heteroatoms. The normalized spacial score (nSPS) is 18.4. The lowest BCUT2D eigenvalue weighted by molar-refractivity contribution is -0.120. The highest BCUT2D eigenvalue weighted by atomic mass is 16.1. The summed E-state index contributed by atoms with van der Waals surface area (Å²) in [5, 5.41) is 3.46. The number of hydrogen-bond donors (Lipinski definition) is 2. The van der Waals surface area contributed by atoms with Gasteiger partial charge in [-0.2, -0.15) is 0 Å². The highest BCUT2D eigenvalue weighted by molar-refractivity contribution is 5.81. The van der Waals surface area contributed by atoms with Gasteiger partial charge in [0.15, 0.2) is 0 Å². The number of amides is 1. The van der Waals surface area contributed by atoms with Crippen LogP contribution in [0.25, 0.3) is 0 Å². The van der Waals surface area contributed by atoms with Crippen molar-refractivity contribution in [3.8, 4) is 0 Å². The molecule has 0 aliphatic heterocycles. The van der Waals surface area contributed by atoms with Crippen molar-refractivity contribution < 1.29 is 4.79 Å². The van der Waals surface area contributed by atoms with Gasteiger partial charge in [0.2, 0.25) is 5.91 Å². The molecular weight excluding hydrogens is 260 g/mol. The Bertz CT molecular complexity index is 467. The molecule has 0 bridgehead atoms. The Hall–Kier alpha value is -1.35. The van der Waals surface area contributed by atoms with E-state index in [1.165, 1.54) is 24.8 Å². The molecule has 0 aromatic heterocycles. The standard InChI is InChI=1S/C18H28N2O/c1-18(2,3)14-11-9-13(10-12-14)16(17(19)21)20-15-7-5-4-6-8-15/h9-12,15-16,20H,4-8H2,1-3H3,(H2,19,21). The van der Waals surface area contributed by atoms with Crippen LogP contribution in [0.15, 0.2) is 24.3 Å². The van der Waals surface area contributed by atoms with E-state index in [1.54, 1.807) is 0 Å². The summed E-state index contributed by atoms with van der Waals surface area (Å²) in [4.78, 5) is 11.8. The number of carbonyl (C=O) groups excluding carboxylic acids is 1. The van der Waals surface area contributed by atoms with E-state index >= 15 is 0 Å². The van der Waals surface area contributed by atoms with Crippen LogP contribution >= 0.6 is 0 Å². The smallest absolute Gasteiger partial charge is 0.239 e. The minimum Gasteiger partial charge on any atom is -0.368 e. The molecule has 0 radical (unpaired) electrons. The molecule has 116 valence electrons. The van der Waals surface area contributed by atoms with Crippen molar-refractivity contribution in [1.82, 2.24) is 5.32 Å². The van der Waals surface area contributed by atoms with Gasteiger partial charge in [0.1, 0.15) is 6.04 Å². The van der Waals surface area contributed by atoms with E-state index in [2.05, 4.69) is 38.2 Å². The van der Waals surface area contributed by atoms with Gasteiger partial charge in [-0.05, 0) is 29.4 Å². The van der Waals surface area contributed by atoms with Crippen LogP contribution in [-0.2, 0) is 10.2 Å². The maximum atomic E-state index is 11.8. The third kappa shape index (κ3) is 4.31. The lowest BCUT2D eigenvalue weighted by Gasteiger charge is -2.27. The molecule has 1 aliphatic carbocycles. The summed E-state index contributed by atoms with van der Waals surface area (Å²) < 4.78 is 0. The number of primary amides is 1. The largest absolute Gasteiger partial charge is 0.368 e. The molecule has 1 aromatic carbocycles. The third-order valence-electron chi connectivity index (χ3n) is 4.40. The topological polar surface area (TPSA) is 55.1 Å². The van der Waals surface area contributed by atoms with Crippen molar-refractivity contribution in [3.63, 3.8) is 0 Å². The van der Waals surface area contributed by atoms with Crippen molar-refractivity contribution in [2.75, 3.05) is 0 Å². The average Bonchev–Trinajstić information content (AvgIpc) is 2.45. The van der Waals surface area contributed by atoms with E-state index in [0.29, 0.717) is 6.04 Å². The minimum atomic E-state index is -0.373. The summed E-state index contributed by atoms with van der Waals surface area (Å²) >= 11 is 0. The fourth-order valence-corrected chi connectivity index (χ4v) is 3.02. The van der Waals surface area contributed by atoms with E-state index in [0.717, 1.165) is 18.4 Å². The first kappa shape index (κ1) is 16.0. The van der Waals surface area contributed by atoms with Gasteiger partial charge in [0, 0.05) is 6.04 Å². The SMILES string of the molecule is CC(C)(C)c1ccc(C(NC2CCCCC2)C(N)=O)cc1. The van der Waals surface area contributed by atoms with Crippen LogP contribution < -0.4 is 11.1 Å². The minimum absolute atomic E-state index is 0.123. The van der Waals surface area contributed by atoms with E-state index in [1.807, 2.05) is 12.1 Å². The van der Waals surface area contributed by atoms with Crippen LogP contribution in [0.2, 0.25) is 0 Å².